The van der Waals surface area contributed by atoms with Crippen molar-refractivity contribution in [3.8, 4) is 0 Å². The Morgan fingerprint density at radius 1 is 1.24 bits per heavy atom. The molecule has 0 aromatic heterocycles. The van der Waals surface area contributed by atoms with Crippen molar-refractivity contribution < 1.29 is 4.74 Å². The van der Waals surface area contributed by atoms with Crippen LogP contribution >= 0.6 is 0 Å². The monoisotopic (exact) mass is 236 g/mol. The van der Waals surface area contributed by atoms with Crippen LogP contribution in [0, 0.1) is 0 Å². The number of hydrogen-bond donors (Lipinski definition) is 1. The molecule has 0 radical (unpaired) electrons. The fourth-order valence-corrected chi connectivity index (χ4v) is 1.45. The Kier molecular flexibility index (Phi) is 4.82. The number of rotatable bonds is 5. The molecule has 0 aliphatic carbocycles. The topological polar surface area (TPSA) is 24.5 Å². The Balaban J connectivity index is 2.39. The van der Waals surface area contributed by atoms with Gasteiger partial charge >= 0.3 is 0 Å². The molecule has 0 amide bonds. The van der Waals surface area contributed by atoms with Gasteiger partial charge in [0.25, 0.3) is 0 Å². The predicted octanol–water partition coefficient (Wildman–Crippen LogP) is 2.98. The Morgan fingerprint density at radius 3 is 2.53 bits per heavy atom. The van der Waals surface area contributed by atoms with Crippen molar-refractivity contribution in [3.05, 3.63) is 24.3 Å². The highest BCUT2D eigenvalue weighted by Crippen LogP contribution is 2.17. The molecule has 1 N–H and O–H groups in total. The lowest BCUT2D eigenvalue weighted by atomic mass is 10.2. The molecule has 96 valence electrons. The summed E-state index contributed by atoms with van der Waals surface area (Å²) in [6, 6.07) is 8.36. The summed E-state index contributed by atoms with van der Waals surface area (Å²) in [5.41, 5.74) is 2.27. The average molecular weight is 236 g/mol. The van der Waals surface area contributed by atoms with Crippen LogP contribution in [0.1, 0.15) is 20.8 Å². The van der Waals surface area contributed by atoms with Crippen LogP contribution in [0.3, 0.4) is 0 Å². The van der Waals surface area contributed by atoms with Crippen molar-refractivity contribution in [1.82, 2.24) is 0 Å². The Labute approximate surface area is 105 Å². The molecule has 0 heterocycles. The van der Waals surface area contributed by atoms with Gasteiger partial charge in [0.2, 0.25) is 0 Å². The number of benzene rings is 1. The van der Waals surface area contributed by atoms with Crippen LogP contribution in [-0.4, -0.2) is 32.8 Å². The maximum atomic E-state index is 5.66. The molecule has 1 rings (SSSR count). The van der Waals surface area contributed by atoms with Crippen LogP contribution in [0.5, 0.6) is 0 Å². The summed E-state index contributed by atoms with van der Waals surface area (Å²) in [5.74, 6) is 0. The summed E-state index contributed by atoms with van der Waals surface area (Å²) in [6.07, 6.45) is 0. The molecule has 0 bridgehead atoms. The maximum absolute atomic E-state index is 5.66. The minimum Gasteiger partial charge on any atom is -0.383 e. The lowest BCUT2D eigenvalue weighted by molar-refractivity contribution is 0.00333. The van der Waals surface area contributed by atoms with Crippen molar-refractivity contribution in [1.29, 1.82) is 0 Å². The first kappa shape index (κ1) is 13.8. The summed E-state index contributed by atoms with van der Waals surface area (Å²) in [5, 5.41) is 3.36. The van der Waals surface area contributed by atoms with Gasteiger partial charge in [-0.3, -0.25) is 0 Å². The van der Waals surface area contributed by atoms with E-state index < -0.39 is 0 Å². The zero-order valence-electron chi connectivity index (χ0n) is 11.6. The van der Waals surface area contributed by atoms with Crippen LogP contribution < -0.4 is 10.2 Å². The van der Waals surface area contributed by atoms with Crippen LogP contribution in [0.2, 0.25) is 0 Å². The molecule has 0 saturated carbocycles. The Bertz CT molecular complexity index is 342. The number of anilines is 2. The van der Waals surface area contributed by atoms with Gasteiger partial charge in [-0.1, -0.05) is 6.07 Å². The maximum Gasteiger partial charge on any atom is 0.0646 e. The Hall–Kier alpha value is -1.22. The summed E-state index contributed by atoms with van der Waals surface area (Å²) < 4.78 is 5.66. The molecule has 0 aliphatic rings. The van der Waals surface area contributed by atoms with Gasteiger partial charge in [-0.2, -0.15) is 0 Å². The number of nitrogens with one attached hydrogen (secondary N) is 1. The van der Waals surface area contributed by atoms with Gasteiger partial charge < -0.3 is 15.0 Å². The van der Waals surface area contributed by atoms with E-state index >= 15 is 0 Å². The van der Waals surface area contributed by atoms with E-state index in [0.717, 1.165) is 18.8 Å². The molecule has 0 atom stereocenters. The third-order valence-corrected chi connectivity index (χ3v) is 2.33. The number of hydrogen-bond acceptors (Lipinski definition) is 3. The lowest BCUT2D eigenvalue weighted by Crippen LogP contribution is -2.23. The first-order valence-electron chi connectivity index (χ1n) is 6.04. The second kappa shape index (κ2) is 5.92. The van der Waals surface area contributed by atoms with E-state index in [0.29, 0.717) is 0 Å². The summed E-state index contributed by atoms with van der Waals surface area (Å²) in [4.78, 5) is 2.09. The van der Waals surface area contributed by atoms with Crippen LogP contribution in [0.15, 0.2) is 24.3 Å². The standard InChI is InChI=1S/C14H24N2O/c1-14(2,3)17-10-9-15-12-7-6-8-13(11-12)16(4)5/h6-8,11,15H,9-10H2,1-5H3. The van der Waals surface area contributed by atoms with E-state index in [4.69, 9.17) is 4.74 Å². The third kappa shape index (κ3) is 5.59. The summed E-state index contributed by atoms with van der Waals surface area (Å²) in [7, 11) is 4.09. The van der Waals surface area contributed by atoms with E-state index in [1.165, 1.54) is 5.69 Å². The van der Waals surface area contributed by atoms with Crippen LogP contribution in [0.4, 0.5) is 11.4 Å². The molecule has 3 heteroatoms. The first-order chi connectivity index (χ1) is 7.88. The van der Waals surface area contributed by atoms with Crippen molar-refractivity contribution in [2.45, 2.75) is 26.4 Å². The molecular formula is C14H24N2O. The fraction of sp³-hybridized carbons (Fsp3) is 0.571. The van der Waals surface area contributed by atoms with Gasteiger partial charge in [-0.15, -0.1) is 0 Å². The molecule has 0 fully saturated rings. The first-order valence-corrected chi connectivity index (χ1v) is 6.04. The molecule has 3 nitrogen and oxygen atoms in total. The second-order valence-corrected chi connectivity index (χ2v) is 5.33. The van der Waals surface area contributed by atoms with Gasteiger partial charge in [0, 0.05) is 32.0 Å². The third-order valence-electron chi connectivity index (χ3n) is 2.33. The van der Waals surface area contributed by atoms with E-state index in [9.17, 15) is 0 Å². The molecule has 0 aliphatic heterocycles. The SMILES string of the molecule is CN(C)c1cccc(NCCOC(C)(C)C)c1. The summed E-state index contributed by atoms with van der Waals surface area (Å²) in [6.45, 7) is 7.75. The number of ether oxygens (including phenoxy) is 1. The largest absolute Gasteiger partial charge is 0.383 e. The quantitative estimate of drug-likeness (QED) is 0.795. The van der Waals surface area contributed by atoms with E-state index in [1.807, 2.05) is 14.1 Å². The predicted molar refractivity (Wildman–Crippen MR) is 75.0 cm³/mol. The van der Waals surface area contributed by atoms with Crippen molar-refractivity contribution in [2.75, 3.05) is 37.5 Å². The molecule has 1 aromatic rings. The molecule has 0 unspecified atom stereocenters. The fourth-order valence-electron chi connectivity index (χ4n) is 1.45. The highest BCUT2D eigenvalue weighted by Gasteiger charge is 2.08. The van der Waals surface area contributed by atoms with Gasteiger partial charge in [0.15, 0.2) is 0 Å². The second-order valence-electron chi connectivity index (χ2n) is 5.33. The van der Waals surface area contributed by atoms with Crippen molar-refractivity contribution >= 4 is 11.4 Å². The van der Waals surface area contributed by atoms with Gasteiger partial charge in [0.1, 0.15) is 0 Å². The Morgan fingerprint density at radius 2 is 1.94 bits per heavy atom. The molecular weight excluding hydrogens is 212 g/mol. The average Bonchev–Trinajstić information content (AvgIpc) is 2.23. The molecule has 17 heavy (non-hydrogen) atoms. The van der Waals surface area contributed by atoms with Crippen LogP contribution in [-0.2, 0) is 4.74 Å². The van der Waals surface area contributed by atoms with E-state index in [1.54, 1.807) is 0 Å². The number of nitrogens with zero attached hydrogens (tertiary/aromatic N) is 1. The van der Waals surface area contributed by atoms with Gasteiger partial charge in [-0.05, 0) is 39.0 Å². The smallest absolute Gasteiger partial charge is 0.0646 e. The lowest BCUT2D eigenvalue weighted by Gasteiger charge is -2.20. The summed E-state index contributed by atoms with van der Waals surface area (Å²) >= 11 is 0. The highest BCUT2D eigenvalue weighted by molar-refractivity contribution is 5.57. The molecule has 0 spiro atoms. The van der Waals surface area contributed by atoms with E-state index in [2.05, 4.69) is 55.3 Å². The van der Waals surface area contributed by atoms with E-state index in [-0.39, 0.29) is 5.60 Å². The zero-order valence-corrected chi connectivity index (χ0v) is 11.6. The molecule has 0 saturated heterocycles. The van der Waals surface area contributed by atoms with Gasteiger partial charge in [0.05, 0.1) is 12.2 Å². The van der Waals surface area contributed by atoms with Crippen molar-refractivity contribution in [2.24, 2.45) is 0 Å². The zero-order chi connectivity index (χ0) is 12.9. The minimum atomic E-state index is -0.0623. The highest BCUT2D eigenvalue weighted by atomic mass is 16.5. The van der Waals surface area contributed by atoms with Gasteiger partial charge in [-0.25, -0.2) is 0 Å². The minimum absolute atomic E-state index is 0.0623. The van der Waals surface area contributed by atoms with Crippen molar-refractivity contribution in [3.63, 3.8) is 0 Å². The van der Waals surface area contributed by atoms with Crippen LogP contribution in [0.25, 0.3) is 0 Å². The normalized spacial score (nSPS) is 11.4. The molecule has 1 aromatic carbocycles.